The fourth-order valence-electron chi connectivity index (χ4n) is 2.50. The number of nitroso groups, excluding NO2 is 1. The van der Waals surface area contributed by atoms with Crippen molar-refractivity contribution >= 4 is 11.4 Å². The molecule has 0 radical (unpaired) electrons. The van der Waals surface area contributed by atoms with Crippen molar-refractivity contribution in [1.29, 1.82) is 0 Å². The third-order valence-electron chi connectivity index (χ3n) is 3.98. The van der Waals surface area contributed by atoms with Crippen LogP contribution in [0.3, 0.4) is 0 Å². The third-order valence-corrected chi connectivity index (χ3v) is 3.98. The predicted octanol–water partition coefficient (Wildman–Crippen LogP) is -0.378. The quantitative estimate of drug-likeness (QED) is 0.215. The van der Waals surface area contributed by atoms with Gasteiger partial charge < -0.3 is 14.7 Å². The van der Waals surface area contributed by atoms with E-state index in [2.05, 4.69) is 4.90 Å². The number of nitro benzene ring substituents is 2. The van der Waals surface area contributed by atoms with Gasteiger partial charge in [-0.2, -0.15) is 0 Å². The highest BCUT2D eigenvalue weighted by molar-refractivity contribution is 5.53. The van der Waals surface area contributed by atoms with Gasteiger partial charge in [-0.15, -0.1) is 5.01 Å². The number of piperazine rings is 1. The molecule has 28 heavy (non-hydrogen) atoms. The maximum Gasteiger partial charge on any atom is 0.321 e. The van der Waals surface area contributed by atoms with Crippen molar-refractivity contribution in [2.75, 3.05) is 52.5 Å². The van der Waals surface area contributed by atoms with Crippen molar-refractivity contribution in [2.45, 2.75) is 0 Å². The largest absolute Gasteiger partial charge is 0.394 e. The number of rotatable bonds is 11. The summed E-state index contributed by atoms with van der Waals surface area (Å²) in [5.74, 6) is -0.323. The summed E-state index contributed by atoms with van der Waals surface area (Å²) in [5.41, 5.74) is 0.948. The Bertz CT molecular complexity index is 709. The zero-order chi connectivity index (χ0) is 20.5. The molecular formula is C14H21N6O8+. The molecule has 1 aliphatic heterocycles. The summed E-state index contributed by atoms with van der Waals surface area (Å²) in [6.45, 7) is 3.38. The molecule has 1 heterocycles. The second-order valence-electron chi connectivity index (χ2n) is 5.76. The predicted molar refractivity (Wildman–Crippen MR) is 93.1 cm³/mol. The van der Waals surface area contributed by atoms with E-state index in [-0.39, 0.29) is 19.0 Å². The first-order chi connectivity index (χ1) is 13.4. The molecule has 0 spiro atoms. The maximum atomic E-state index is 12.1. The van der Waals surface area contributed by atoms with E-state index in [4.69, 9.17) is 14.7 Å². The number of hydrogen-bond donors (Lipinski definition) is 2. The zero-order valence-electron chi connectivity index (χ0n) is 14.9. The average molecular weight is 401 g/mol. The molecule has 154 valence electrons. The van der Waals surface area contributed by atoms with E-state index < -0.39 is 21.2 Å². The van der Waals surface area contributed by atoms with Crippen LogP contribution in [-0.4, -0.2) is 82.4 Å². The molecule has 14 heteroatoms. The molecule has 1 fully saturated rings. The number of nitrogens with zero attached hydrogens (tertiary/aromatic N) is 5. The monoisotopic (exact) mass is 401 g/mol. The number of nitro groups is 2. The fraction of sp³-hybridized carbons (Fsp3) is 0.571. The minimum absolute atomic E-state index is 0.0302. The molecule has 1 aliphatic rings. The molecule has 1 aromatic rings. The lowest BCUT2D eigenvalue weighted by atomic mass is 10.2. The number of hydrogen-bond acceptors (Lipinski definition) is 9. The Balaban J connectivity index is 1.83. The average Bonchev–Trinajstić information content (AvgIpc) is 2.69. The van der Waals surface area contributed by atoms with Crippen LogP contribution in [0.2, 0.25) is 0 Å². The van der Waals surface area contributed by atoms with E-state index in [9.17, 15) is 25.1 Å². The molecule has 2 N–H and O–H groups in total. The number of nitrogens with one attached hydrogen (secondary N) is 1. The molecule has 0 aliphatic carbocycles. The van der Waals surface area contributed by atoms with Crippen LogP contribution < -0.4 is 10.4 Å². The van der Waals surface area contributed by atoms with Crippen molar-refractivity contribution in [1.82, 2.24) is 15.5 Å². The Morgan fingerprint density at radius 1 is 1.07 bits per heavy atom. The van der Waals surface area contributed by atoms with E-state index in [1.54, 1.807) is 0 Å². The van der Waals surface area contributed by atoms with Gasteiger partial charge >= 0.3 is 5.69 Å². The third kappa shape index (κ3) is 5.97. The van der Waals surface area contributed by atoms with Gasteiger partial charge in [0.25, 0.3) is 10.7 Å². The number of aliphatic hydroxyl groups excluding tert-OH is 1. The Morgan fingerprint density at radius 2 is 1.79 bits per heavy atom. The Kier molecular flexibility index (Phi) is 7.79. The number of aliphatic hydroxyl groups is 1. The van der Waals surface area contributed by atoms with Gasteiger partial charge in [0, 0.05) is 25.7 Å². The minimum Gasteiger partial charge on any atom is -0.394 e. The van der Waals surface area contributed by atoms with Crippen molar-refractivity contribution < 1.29 is 29.5 Å². The molecule has 2 rings (SSSR count). The second kappa shape index (κ2) is 10.3. The smallest absolute Gasteiger partial charge is 0.321 e. The summed E-state index contributed by atoms with van der Waals surface area (Å²) in [7, 11) is 0. The van der Waals surface area contributed by atoms with Crippen LogP contribution in [0.25, 0.3) is 0 Å². The van der Waals surface area contributed by atoms with Crippen LogP contribution in [0.5, 0.6) is 5.75 Å². The first-order valence-electron chi connectivity index (χ1n) is 8.40. The number of benzene rings is 1. The van der Waals surface area contributed by atoms with E-state index in [0.29, 0.717) is 44.3 Å². The van der Waals surface area contributed by atoms with Gasteiger partial charge in [-0.25, -0.2) is 0 Å². The molecular weight excluding hydrogens is 380 g/mol. The van der Waals surface area contributed by atoms with Crippen LogP contribution in [0.4, 0.5) is 11.4 Å². The highest BCUT2D eigenvalue weighted by atomic mass is 16.7. The van der Waals surface area contributed by atoms with E-state index in [1.807, 2.05) is 5.59 Å². The standard InChI is InChI=1S/C14H21N6O8/c21-8-10-27-9-7-16-3-5-17(6-4-16)20(26)15-28-14-2-1-12(18(22)23)11-13(14)19(24)25/h1-2,11,21H,3-10H2,(H,15,26)/q+1. The van der Waals surface area contributed by atoms with Crippen molar-refractivity contribution in [3.8, 4) is 5.75 Å². The summed E-state index contributed by atoms with van der Waals surface area (Å²) in [6.07, 6.45) is 0. The van der Waals surface area contributed by atoms with Crippen LogP contribution in [-0.2, 0) is 4.74 Å². The number of hydrazine groups is 2. The Labute approximate surface area is 159 Å². The molecule has 1 saturated heterocycles. The molecule has 0 aromatic heterocycles. The topological polar surface area (TPSA) is 164 Å². The summed E-state index contributed by atoms with van der Waals surface area (Å²) in [5, 5.41) is 31.8. The molecule has 0 saturated carbocycles. The van der Waals surface area contributed by atoms with Crippen molar-refractivity contribution in [2.24, 2.45) is 0 Å². The Hall–Kier alpha value is -3.10. The number of ether oxygens (including phenoxy) is 1. The van der Waals surface area contributed by atoms with E-state index >= 15 is 0 Å². The maximum absolute atomic E-state index is 12.1. The zero-order valence-corrected chi connectivity index (χ0v) is 14.9. The van der Waals surface area contributed by atoms with Crippen LogP contribution in [0, 0.1) is 25.1 Å². The summed E-state index contributed by atoms with van der Waals surface area (Å²) in [6, 6.07) is 2.84. The fourth-order valence-corrected chi connectivity index (χ4v) is 2.50. The van der Waals surface area contributed by atoms with Gasteiger partial charge in [0.1, 0.15) is 0 Å². The molecule has 0 unspecified atom stereocenters. The Morgan fingerprint density at radius 3 is 2.39 bits per heavy atom. The van der Waals surface area contributed by atoms with Gasteiger partial charge in [-0.3, -0.25) is 25.1 Å². The lowest BCUT2D eigenvalue weighted by Crippen LogP contribution is -2.54. The van der Waals surface area contributed by atoms with Crippen molar-refractivity contribution in [3.05, 3.63) is 43.3 Å². The lowest BCUT2D eigenvalue weighted by molar-refractivity contribution is -0.782. The SMILES string of the molecule is O=[N+]([O-])c1ccc(ON[N+](=O)N2CCN(CCOCCO)CC2)c([N+](=O)[O-])c1. The van der Waals surface area contributed by atoms with Crippen LogP contribution in [0.1, 0.15) is 0 Å². The molecule has 0 atom stereocenters. The van der Waals surface area contributed by atoms with E-state index in [1.165, 1.54) is 5.01 Å². The molecule has 14 nitrogen and oxygen atoms in total. The summed E-state index contributed by atoms with van der Waals surface area (Å²) >= 11 is 0. The van der Waals surface area contributed by atoms with Gasteiger partial charge in [0.2, 0.25) is 5.75 Å². The molecule has 1 aromatic carbocycles. The summed E-state index contributed by atoms with van der Waals surface area (Å²) in [4.78, 5) is 39.6. The van der Waals surface area contributed by atoms with Gasteiger partial charge in [-0.1, -0.05) is 0 Å². The summed E-state index contributed by atoms with van der Waals surface area (Å²) < 4.78 is 5.19. The molecule has 0 amide bonds. The lowest BCUT2D eigenvalue weighted by Gasteiger charge is -2.29. The first kappa shape index (κ1) is 21.2. The van der Waals surface area contributed by atoms with Crippen LogP contribution in [0.15, 0.2) is 18.2 Å². The van der Waals surface area contributed by atoms with Crippen LogP contribution >= 0.6 is 0 Å². The number of non-ortho nitro benzene ring substituents is 1. The normalized spacial score (nSPS) is 14.5. The highest BCUT2D eigenvalue weighted by Gasteiger charge is 2.29. The highest BCUT2D eigenvalue weighted by Crippen LogP contribution is 2.30. The second-order valence-corrected chi connectivity index (χ2v) is 5.76. The molecule has 0 bridgehead atoms. The van der Waals surface area contributed by atoms with Gasteiger partial charge in [0.15, 0.2) is 0 Å². The van der Waals surface area contributed by atoms with Crippen molar-refractivity contribution in [3.63, 3.8) is 0 Å². The van der Waals surface area contributed by atoms with Gasteiger partial charge in [-0.05, 0) is 6.07 Å². The minimum atomic E-state index is -0.837. The van der Waals surface area contributed by atoms with E-state index in [0.717, 1.165) is 18.2 Å². The first-order valence-corrected chi connectivity index (χ1v) is 8.40. The van der Waals surface area contributed by atoms with Gasteiger partial charge in [0.05, 0.1) is 59.3 Å².